The Hall–Kier alpha value is -3.22. The molecule has 0 aromatic carbocycles. The number of nitrogens with one attached hydrogen (secondary N) is 2. The molecule has 3 rings (SSSR count). The first-order valence-corrected chi connectivity index (χ1v) is 7.42. The van der Waals surface area contributed by atoms with Crippen LogP contribution >= 0.6 is 0 Å². The fraction of sp³-hybridized carbons (Fsp3) is 0.176. The van der Waals surface area contributed by atoms with Crippen molar-refractivity contribution in [2.75, 3.05) is 0 Å². The molecule has 122 valence electrons. The topological polar surface area (TPSA) is 113 Å². The number of fused-ring (bicyclic) bond motifs is 1. The van der Waals surface area contributed by atoms with Crippen LogP contribution in [0.2, 0.25) is 0 Å². The summed E-state index contributed by atoms with van der Waals surface area (Å²) in [6.07, 6.45) is 5.42. The molecule has 1 amide bonds. The smallest absolute Gasteiger partial charge is 0.267 e. The monoisotopic (exact) mass is 322 g/mol. The molecule has 0 radical (unpaired) electrons. The molecule has 0 aliphatic heterocycles. The van der Waals surface area contributed by atoms with E-state index >= 15 is 0 Å². The highest BCUT2D eigenvalue weighted by molar-refractivity contribution is 5.99. The molecule has 7 nitrogen and oxygen atoms in total. The number of pyridine rings is 1. The van der Waals surface area contributed by atoms with Crippen molar-refractivity contribution in [3.05, 3.63) is 42.0 Å². The SMILES string of the molecule is CC(=N)/C=C(\C)c1cn(C)c(-c2nc(C(N)=O)cc3[nH]ccc23)n1. The number of carbonyl (C=O) groups is 1. The van der Waals surface area contributed by atoms with Crippen molar-refractivity contribution in [2.45, 2.75) is 13.8 Å². The molecule has 0 aliphatic rings. The predicted octanol–water partition coefficient (Wildman–Crippen LogP) is 2.51. The van der Waals surface area contributed by atoms with Gasteiger partial charge in [-0.05, 0) is 37.6 Å². The van der Waals surface area contributed by atoms with Crippen LogP contribution in [0.25, 0.3) is 28.0 Å². The molecule has 3 aromatic heterocycles. The Morgan fingerprint density at radius 2 is 2.08 bits per heavy atom. The van der Waals surface area contributed by atoms with Gasteiger partial charge in [0.2, 0.25) is 0 Å². The third kappa shape index (κ3) is 2.71. The number of aromatic nitrogens is 4. The summed E-state index contributed by atoms with van der Waals surface area (Å²) in [7, 11) is 1.87. The predicted molar refractivity (Wildman–Crippen MR) is 93.9 cm³/mol. The molecular weight excluding hydrogens is 304 g/mol. The fourth-order valence-corrected chi connectivity index (χ4v) is 2.63. The van der Waals surface area contributed by atoms with E-state index in [0.29, 0.717) is 17.2 Å². The van der Waals surface area contributed by atoms with Crippen LogP contribution in [-0.4, -0.2) is 31.1 Å². The summed E-state index contributed by atoms with van der Waals surface area (Å²) in [6, 6.07) is 3.52. The molecule has 24 heavy (non-hydrogen) atoms. The lowest BCUT2D eigenvalue weighted by Crippen LogP contribution is -2.13. The van der Waals surface area contributed by atoms with Crippen molar-refractivity contribution >= 4 is 28.1 Å². The first kappa shape index (κ1) is 15.7. The van der Waals surface area contributed by atoms with Gasteiger partial charge in [0.15, 0.2) is 5.82 Å². The molecule has 3 aromatic rings. The van der Waals surface area contributed by atoms with E-state index in [0.717, 1.165) is 22.2 Å². The van der Waals surface area contributed by atoms with Crippen LogP contribution < -0.4 is 5.73 Å². The normalized spacial score (nSPS) is 11.9. The Morgan fingerprint density at radius 1 is 1.33 bits per heavy atom. The number of hydrogen-bond acceptors (Lipinski definition) is 4. The lowest BCUT2D eigenvalue weighted by molar-refractivity contribution is 0.0996. The number of nitrogens with two attached hydrogens (primary N) is 1. The van der Waals surface area contributed by atoms with Crippen molar-refractivity contribution in [2.24, 2.45) is 12.8 Å². The Balaban J connectivity index is 2.21. The van der Waals surface area contributed by atoms with E-state index < -0.39 is 5.91 Å². The van der Waals surface area contributed by atoms with Crippen LogP contribution in [0, 0.1) is 5.41 Å². The van der Waals surface area contributed by atoms with E-state index in [2.05, 4.69) is 15.0 Å². The minimum Gasteiger partial charge on any atom is -0.364 e. The number of amides is 1. The number of aryl methyl sites for hydroxylation is 1. The molecule has 0 aliphatic carbocycles. The Kier molecular flexibility index (Phi) is 3.76. The first-order chi connectivity index (χ1) is 11.4. The van der Waals surface area contributed by atoms with Crippen molar-refractivity contribution in [3.63, 3.8) is 0 Å². The highest BCUT2D eigenvalue weighted by Crippen LogP contribution is 2.27. The van der Waals surface area contributed by atoms with Crippen molar-refractivity contribution in [1.29, 1.82) is 5.41 Å². The summed E-state index contributed by atoms with van der Waals surface area (Å²) in [5.41, 5.74) is 9.06. The number of nitrogens with zero attached hydrogens (tertiary/aromatic N) is 3. The highest BCUT2D eigenvalue weighted by Gasteiger charge is 2.17. The molecule has 0 unspecified atom stereocenters. The third-order valence-corrected chi connectivity index (χ3v) is 3.73. The third-order valence-electron chi connectivity index (χ3n) is 3.73. The maximum Gasteiger partial charge on any atom is 0.267 e. The van der Waals surface area contributed by atoms with E-state index in [1.807, 2.05) is 30.8 Å². The van der Waals surface area contributed by atoms with Crippen LogP contribution in [0.1, 0.15) is 30.0 Å². The average molecular weight is 322 g/mol. The lowest BCUT2D eigenvalue weighted by Gasteiger charge is -2.05. The molecule has 0 bridgehead atoms. The van der Waals surface area contributed by atoms with Crippen LogP contribution in [0.5, 0.6) is 0 Å². The van der Waals surface area contributed by atoms with Crippen LogP contribution in [-0.2, 0) is 7.05 Å². The molecule has 4 N–H and O–H groups in total. The first-order valence-electron chi connectivity index (χ1n) is 7.42. The second kappa shape index (κ2) is 5.77. The molecule has 0 spiro atoms. The standard InChI is InChI=1S/C17H18N6O/c1-9(6-10(2)18)14-8-23(3)17(22-14)15-11-4-5-20-12(11)7-13(21-15)16(19)24/h4-8,18,20H,1-3H3,(H2,19,24)/b9-6+,18-10?. The van der Waals surface area contributed by atoms with Crippen molar-refractivity contribution in [1.82, 2.24) is 19.5 Å². The van der Waals surface area contributed by atoms with E-state index in [1.54, 1.807) is 25.3 Å². The molecule has 7 heteroatoms. The summed E-state index contributed by atoms with van der Waals surface area (Å²) in [5, 5.41) is 8.45. The Labute approximate surface area is 138 Å². The van der Waals surface area contributed by atoms with Gasteiger partial charge in [0.1, 0.15) is 11.4 Å². The van der Waals surface area contributed by atoms with Gasteiger partial charge in [-0.25, -0.2) is 9.97 Å². The second-order valence-corrected chi connectivity index (χ2v) is 5.73. The quantitative estimate of drug-likeness (QED) is 0.641. The maximum atomic E-state index is 11.6. The van der Waals surface area contributed by atoms with E-state index in [1.165, 1.54) is 0 Å². The molecule has 3 heterocycles. The van der Waals surface area contributed by atoms with Crippen LogP contribution in [0.4, 0.5) is 0 Å². The van der Waals surface area contributed by atoms with Gasteiger partial charge in [-0.3, -0.25) is 4.79 Å². The number of carbonyl (C=O) groups excluding carboxylic acids is 1. The van der Waals surface area contributed by atoms with E-state index in [4.69, 9.17) is 11.1 Å². The summed E-state index contributed by atoms with van der Waals surface area (Å²) in [6.45, 7) is 3.62. The summed E-state index contributed by atoms with van der Waals surface area (Å²) in [5.74, 6) is 0.0470. The molecule has 0 saturated heterocycles. The number of allylic oxidation sites excluding steroid dienone is 2. The minimum absolute atomic E-state index is 0.187. The van der Waals surface area contributed by atoms with E-state index in [9.17, 15) is 4.79 Å². The number of aromatic amines is 1. The van der Waals surface area contributed by atoms with E-state index in [-0.39, 0.29) is 5.69 Å². The Morgan fingerprint density at radius 3 is 2.75 bits per heavy atom. The molecular formula is C17H18N6O. The molecule has 0 saturated carbocycles. The number of primary amides is 1. The van der Waals surface area contributed by atoms with Gasteiger partial charge < -0.3 is 20.7 Å². The number of rotatable bonds is 4. The van der Waals surface area contributed by atoms with Gasteiger partial charge in [0, 0.05) is 30.5 Å². The Bertz CT molecular complexity index is 992. The lowest BCUT2D eigenvalue weighted by atomic mass is 10.2. The summed E-state index contributed by atoms with van der Waals surface area (Å²) < 4.78 is 1.85. The van der Waals surface area contributed by atoms with Crippen LogP contribution in [0.15, 0.2) is 30.6 Å². The van der Waals surface area contributed by atoms with Gasteiger partial charge in [-0.2, -0.15) is 0 Å². The van der Waals surface area contributed by atoms with Gasteiger partial charge in [-0.1, -0.05) is 0 Å². The fourth-order valence-electron chi connectivity index (χ4n) is 2.63. The number of H-pyrrole nitrogens is 1. The number of imidazole rings is 1. The average Bonchev–Trinajstić information content (AvgIpc) is 3.11. The largest absolute Gasteiger partial charge is 0.364 e. The van der Waals surface area contributed by atoms with Gasteiger partial charge in [0.05, 0.1) is 11.2 Å². The zero-order valence-electron chi connectivity index (χ0n) is 13.7. The van der Waals surface area contributed by atoms with Crippen molar-refractivity contribution in [3.8, 4) is 11.5 Å². The number of hydrogen-bond donors (Lipinski definition) is 3. The molecule has 0 fully saturated rings. The zero-order valence-corrected chi connectivity index (χ0v) is 13.7. The second-order valence-electron chi connectivity index (χ2n) is 5.73. The minimum atomic E-state index is -0.585. The summed E-state index contributed by atoms with van der Waals surface area (Å²) in [4.78, 5) is 23.7. The van der Waals surface area contributed by atoms with Gasteiger partial charge in [0.25, 0.3) is 5.91 Å². The highest BCUT2D eigenvalue weighted by atomic mass is 16.1. The molecule has 0 atom stereocenters. The van der Waals surface area contributed by atoms with Crippen LogP contribution in [0.3, 0.4) is 0 Å². The van der Waals surface area contributed by atoms with Crippen molar-refractivity contribution < 1.29 is 4.79 Å². The summed E-state index contributed by atoms with van der Waals surface area (Å²) >= 11 is 0. The van der Waals surface area contributed by atoms with Gasteiger partial charge >= 0.3 is 0 Å². The van der Waals surface area contributed by atoms with Gasteiger partial charge in [-0.15, -0.1) is 0 Å². The zero-order chi connectivity index (χ0) is 17.4. The maximum absolute atomic E-state index is 11.6.